The minimum absolute atomic E-state index is 0.579. The van der Waals surface area contributed by atoms with Crippen LogP contribution in [-0.4, -0.2) is 38.2 Å². The van der Waals surface area contributed by atoms with Gasteiger partial charge in [0, 0.05) is 25.2 Å². The molecule has 1 aromatic rings. The first kappa shape index (κ1) is 14.9. The molecule has 18 heavy (non-hydrogen) atoms. The maximum absolute atomic E-state index is 5.47. The number of hydrazine groups is 1. The second kappa shape index (κ2) is 8.07. The van der Waals surface area contributed by atoms with E-state index in [9.17, 15) is 0 Å². The highest BCUT2D eigenvalue weighted by molar-refractivity contribution is 9.10. The van der Waals surface area contributed by atoms with Gasteiger partial charge in [-0.15, -0.1) is 0 Å². The van der Waals surface area contributed by atoms with Gasteiger partial charge >= 0.3 is 0 Å². The van der Waals surface area contributed by atoms with Crippen molar-refractivity contribution in [1.29, 1.82) is 0 Å². The largest absolute Gasteiger partial charge is 0.383 e. The van der Waals surface area contributed by atoms with Gasteiger partial charge in [-0.3, -0.25) is 5.43 Å². The molecule has 0 aliphatic heterocycles. The lowest BCUT2D eigenvalue weighted by atomic mass is 10.2. The van der Waals surface area contributed by atoms with Gasteiger partial charge in [0.05, 0.1) is 13.2 Å². The number of aliphatic imine (C=N–C) groups is 1. The number of nitrogens with two attached hydrogens (primary N) is 1. The summed E-state index contributed by atoms with van der Waals surface area (Å²) in [6.07, 6.45) is 0. The third kappa shape index (κ3) is 5.03. The SMILES string of the molecule is COCCN=C(NN)N(C)Cc1cccc(Br)c1. The smallest absolute Gasteiger partial charge is 0.208 e. The van der Waals surface area contributed by atoms with Crippen molar-refractivity contribution in [2.24, 2.45) is 10.8 Å². The molecule has 1 rings (SSSR count). The molecule has 0 unspecified atom stereocenters. The third-order valence-corrected chi connectivity index (χ3v) is 2.85. The number of rotatable bonds is 5. The molecular weight excluding hydrogens is 296 g/mol. The molecule has 1 aromatic carbocycles. The van der Waals surface area contributed by atoms with Gasteiger partial charge in [0.2, 0.25) is 5.96 Å². The fourth-order valence-corrected chi connectivity index (χ4v) is 1.95. The number of guanidine groups is 1. The van der Waals surface area contributed by atoms with Crippen LogP contribution in [0.1, 0.15) is 5.56 Å². The highest BCUT2D eigenvalue weighted by Crippen LogP contribution is 2.12. The Hall–Kier alpha value is -1.11. The molecule has 100 valence electrons. The zero-order chi connectivity index (χ0) is 13.4. The Bertz CT molecular complexity index is 397. The molecule has 0 bridgehead atoms. The van der Waals surface area contributed by atoms with Crippen molar-refractivity contribution in [3.05, 3.63) is 34.3 Å². The van der Waals surface area contributed by atoms with Crippen LogP contribution in [0, 0.1) is 0 Å². The number of hydrogen-bond donors (Lipinski definition) is 2. The summed E-state index contributed by atoms with van der Waals surface area (Å²) in [6, 6.07) is 8.13. The first-order valence-electron chi connectivity index (χ1n) is 5.63. The van der Waals surface area contributed by atoms with Crippen molar-refractivity contribution in [3.8, 4) is 0 Å². The van der Waals surface area contributed by atoms with Gasteiger partial charge in [-0.1, -0.05) is 28.1 Å². The van der Waals surface area contributed by atoms with Crippen LogP contribution < -0.4 is 11.3 Å². The van der Waals surface area contributed by atoms with Crippen LogP contribution in [0.2, 0.25) is 0 Å². The van der Waals surface area contributed by atoms with Crippen molar-refractivity contribution in [2.75, 3.05) is 27.3 Å². The molecule has 0 amide bonds. The molecular formula is C12H19BrN4O. The van der Waals surface area contributed by atoms with Crippen LogP contribution in [0.15, 0.2) is 33.7 Å². The van der Waals surface area contributed by atoms with Gasteiger partial charge in [0.15, 0.2) is 0 Å². The van der Waals surface area contributed by atoms with Crippen LogP contribution in [-0.2, 0) is 11.3 Å². The first-order valence-corrected chi connectivity index (χ1v) is 6.42. The second-order valence-corrected chi connectivity index (χ2v) is 4.74. The number of benzene rings is 1. The highest BCUT2D eigenvalue weighted by Gasteiger charge is 2.05. The lowest BCUT2D eigenvalue weighted by Crippen LogP contribution is -2.42. The van der Waals surface area contributed by atoms with Crippen LogP contribution in [0.3, 0.4) is 0 Å². The van der Waals surface area contributed by atoms with E-state index in [1.807, 2.05) is 24.1 Å². The molecule has 0 saturated carbocycles. The van der Waals surface area contributed by atoms with Gasteiger partial charge in [0.1, 0.15) is 0 Å². The van der Waals surface area contributed by atoms with E-state index >= 15 is 0 Å². The normalized spacial score (nSPS) is 11.4. The van der Waals surface area contributed by atoms with E-state index in [1.165, 1.54) is 5.56 Å². The fourth-order valence-electron chi connectivity index (χ4n) is 1.50. The second-order valence-electron chi connectivity index (χ2n) is 3.83. The molecule has 5 nitrogen and oxygen atoms in total. The average Bonchev–Trinajstić information content (AvgIpc) is 2.34. The molecule has 0 spiro atoms. The Morgan fingerprint density at radius 3 is 2.94 bits per heavy atom. The van der Waals surface area contributed by atoms with E-state index in [0.29, 0.717) is 19.1 Å². The number of halogens is 1. The predicted molar refractivity (Wildman–Crippen MR) is 77.1 cm³/mol. The van der Waals surface area contributed by atoms with Gasteiger partial charge in [-0.25, -0.2) is 10.8 Å². The number of ether oxygens (including phenoxy) is 1. The van der Waals surface area contributed by atoms with E-state index < -0.39 is 0 Å². The standard InChI is InChI=1S/C12H19BrN4O/c1-17(12(16-14)15-6-7-18-2)9-10-4-3-5-11(13)8-10/h3-5,8H,6-7,9,14H2,1-2H3,(H,15,16). The Kier molecular flexibility index (Phi) is 6.70. The number of hydrogen-bond acceptors (Lipinski definition) is 3. The Morgan fingerprint density at radius 2 is 2.33 bits per heavy atom. The molecule has 0 aromatic heterocycles. The van der Waals surface area contributed by atoms with Crippen LogP contribution in [0.5, 0.6) is 0 Å². The summed E-state index contributed by atoms with van der Waals surface area (Å²) in [6.45, 7) is 1.89. The summed E-state index contributed by atoms with van der Waals surface area (Å²) in [5.74, 6) is 6.11. The number of methoxy groups -OCH3 is 1. The lowest BCUT2D eigenvalue weighted by molar-refractivity contribution is 0.207. The predicted octanol–water partition coefficient (Wildman–Crippen LogP) is 1.35. The summed E-state index contributed by atoms with van der Waals surface area (Å²) in [5.41, 5.74) is 3.79. The monoisotopic (exact) mass is 314 g/mol. The van der Waals surface area contributed by atoms with E-state index in [1.54, 1.807) is 7.11 Å². The van der Waals surface area contributed by atoms with Gasteiger partial charge < -0.3 is 9.64 Å². The average molecular weight is 315 g/mol. The summed E-state index contributed by atoms with van der Waals surface area (Å²) < 4.78 is 6.01. The van der Waals surface area contributed by atoms with Crippen LogP contribution >= 0.6 is 15.9 Å². The molecule has 0 atom stereocenters. The van der Waals surface area contributed by atoms with E-state index in [0.717, 1.165) is 11.0 Å². The van der Waals surface area contributed by atoms with Gasteiger partial charge in [-0.2, -0.15) is 0 Å². The zero-order valence-corrected chi connectivity index (χ0v) is 12.3. The van der Waals surface area contributed by atoms with Crippen molar-refractivity contribution < 1.29 is 4.74 Å². The maximum Gasteiger partial charge on any atom is 0.208 e. The Morgan fingerprint density at radius 1 is 1.56 bits per heavy atom. The van der Waals surface area contributed by atoms with Gasteiger partial charge in [0.25, 0.3) is 0 Å². The quantitative estimate of drug-likeness (QED) is 0.283. The van der Waals surface area contributed by atoms with E-state index in [2.05, 4.69) is 38.5 Å². The summed E-state index contributed by atoms with van der Waals surface area (Å²) >= 11 is 3.45. The van der Waals surface area contributed by atoms with Crippen LogP contribution in [0.4, 0.5) is 0 Å². The van der Waals surface area contributed by atoms with Crippen molar-refractivity contribution in [1.82, 2.24) is 10.3 Å². The minimum atomic E-state index is 0.579. The van der Waals surface area contributed by atoms with E-state index in [4.69, 9.17) is 10.6 Å². The molecule has 0 aliphatic rings. The summed E-state index contributed by atoms with van der Waals surface area (Å²) in [7, 11) is 3.59. The molecule has 3 N–H and O–H groups in total. The van der Waals surface area contributed by atoms with Crippen molar-refractivity contribution in [3.63, 3.8) is 0 Å². The van der Waals surface area contributed by atoms with E-state index in [-0.39, 0.29) is 0 Å². The topological polar surface area (TPSA) is 62.9 Å². The minimum Gasteiger partial charge on any atom is -0.383 e. The maximum atomic E-state index is 5.47. The lowest BCUT2D eigenvalue weighted by Gasteiger charge is -2.20. The number of nitrogens with one attached hydrogen (secondary N) is 1. The number of nitrogens with zero attached hydrogens (tertiary/aromatic N) is 2. The molecule has 0 fully saturated rings. The van der Waals surface area contributed by atoms with Crippen molar-refractivity contribution >= 4 is 21.9 Å². The fraction of sp³-hybridized carbons (Fsp3) is 0.417. The molecule has 0 saturated heterocycles. The Balaban J connectivity index is 2.61. The molecule has 0 aliphatic carbocycles. The summed E-state index contributed by atoms with van der Waals surface area (Å²) in [5, 5.41) is 0. The molecule has 0 radical (unpaired) electrons. The highest BCUT2D eigenvalue weighted by atomic mass is 79.9. The van der Waals surface area contributed by atoms with Gasteiger partial charge in [-0.05, 0) is 17.7 Å². The summed E-state index contributed by atoms with van der Waals surface area (Å²) in [4.78, 5) is 6.28. The molecule has 6 heteroatoms. The zero-order valence-electron chi connectivity index (χ0n) is 10.7. The Labute approximate surface area is 116 Å². The van der Waals surface area contributed by atoms with Crippen LogP contribution in [0.25, 0.3) is 0 Å². The van der Waals surface area contributed by atoms with Crippen molar-refractivity contribution in [2.45, 2.75) is 6.54 Å². The molecule has 0 heterocycles. The third-order valence-electron chi connectivity index (χ3n) is 2.36. The first-order chi connectivity index (χ1) is 8.67.